The zero-order valence-electron chi connectivity index (χ0n) is 17.9. The van der Waals surface area contributed by atoms with Crippen molar-refractivity contribution in [3.05, 3.63) is 95.7 Å². The van der Waals surface area contributed by atoms with Gasteiger partial charge in [-0.05, 0) is 67.3 Å². The number of benzene rings is 4. The Hall–Kier alpha value is -3.02. The van der Waals surface area contributed by atoms with Crippen molar-refractivity contribution < 1.29 is 0 Å². The summed E-state index contributed by atoms with van der Waals surface area (Å²) >= 11 is 7.45. The molecule has 0 spiro atoms. The molecule has 34 heavy (non-hydrogen) atoms. The first-order valence-electron chi connectivity index (χ1n) is 11.2. The van der Waals surface area contributed by atoms with E-state index in [-0.39, 0.29) is 0 Å². The molecule has 0 N–H and O–H groups in total. The van der Waals surface area contributed by atoms with Crippen LogP contribution in [0.4, 0.5) is 0 Å². The van der Waals surface area contributed by atoms with E-state index in [0.717, 1.165) is 0 Å². The third-order valence-electron chi connectivity index (χ3n) is 6.68. The third-order valence-corrected chi connectivity index (χ3v) is 11.2. The van der Waals surface area contributed by atoms with E-state index >= 15 is 0 Å². The van der Waals surface area contributed by atoms with E-state index in [4.69, 9.17) is 0 Å². The largest absolute Gasteiger partial charge is 0.143 e. The van der Waals surface area contributed by atoms with Gasteiger partial charge in [0, 0.05) is 39.7 Å². The molecule has 4 heteroatoms. The predicted molar refractivity (Wildman–Crippen MR) is 156 cm³/mol. The first-order valence-corrected chi connectivity index (χ1v) is 14.5. The SMILES string of the molecule is c1csc(-c2cc3ccc4c5ccc6c(ccc7cc(-c8cccs8)sc76)c5ccc4c3s2)c1. The highest BCUT2D eigenvalue weighted by Gasteiger charge is 2.13. The average Bonchev–Trinajstić information content (AvgIpc) is 3.68. The van der Waals surface area contributed by atoms with Gasteiger partial charge in [0.15, 0.2) is 0 Å². The van der Waals surface area contributed by atoms with Gasteiger partial charge < -0.3 is 0 Å². The van der Waals surface area contributed by atoms with Gasteiger partial charge in [0.2, 0.25) is 0 Å². The van der Waals surface area contributed by atoms with Gasteiger partial charge in [0.1, 0.15) is 0 Å². The molecule has 0 atom stereocenters. The van der Waals surface area contributed by atoms with E-state index in [9.17, 15) is 0 Å². The molecule has 0 aliphatic rings. The Labute approximate surface area is 212 Å². The highest BCUT2D eigenvalue weighted by Crippen LogP contribution is 2.44. The van der Waals surface area contributed by atoms with E-state index in [0.29, 0.717) is 0 Å². The van der Waals surface area contributed by atoms with Crippen molar-refractivity contribution in [3.8, 4) is 19.5 Å². The number of rotatable bonds is 2. The van der Waals surface area contributed by atoms with Crippen LogP contribution in [0.2, 0.25) is 0 Å². The molecule has 0 amide bonds. The second kappa shape index (κ2) is 7.24. The molecule has 0 radical (unpaired) electrons. The topological polar surface area (TPSA) is 0 Å². The zero-order chi connectivity index (χ0) is 22.2. The fraction of sp³-hybridized carbons (Fsp3) is 0. The highest BCUT2D eigenvalue weighted by atomic mass is 32.1. The Balaban J connectivity index is 1.39. The standard InChI is InChI=1S/C30H16S4/c1-3-25(31-13-1)27-15-17-5-7-21-19-10-12-24-22(20(19)9-11-23(21)29(17)33-27)8-6-18-16-28(34-30(18)24)26-4-2-14-32-26/h1-16H. The van der Waals surface area contributed by atoms with Crippen molar-refractivity contribution >= 4 is 97.8 Å². The number of hydrogen-bond donors (Lipinski definition) is 0. The zero-order valence-corrected chi connectivity index (χ0v) is 21.1. The normalized spacial score (nSPS) is 12.1. The summed E-state index contributed by atoms with van der Waals surface area (Å²) in [6, 6.07) is 32.0. The Morgan fingerprint density at radius 3 is 1.24 bits per heavy atom. The van der Waals surface area contributed by atoms with Crippen LogP contribution in [0.1, 0.15) is 0 Å². The molecule has 160 valence electrons. The fourth-order valence-electron chi connectivity index (χ4n) is 5.11. The quantitative estimate of drug-likeness (QED) is 0.205. The Bertz CT molecular complexity index is 1850. The monoisotopic (exact) mass is 504 g/mol. The predicted octanol–water partition coefficient (Wildman–Crippen LogP) is 11.0. The van der Waals surface area contributed by atoms with Gasteiger partial charge in [-0.1, -0.05) is 60.7 Å². The van der Waals surface area contributed by atoms with E-state index in [2.05, 4.69) is 95.7 Å². The van der Waals surface area contributed by atoms with Crippen LogP contribution in [0, 0.1) is 0 Å². The summed E-state index contributed by atoms with van der Waals surface area (Å²) in [4.78, 5) is 5.42. The van der Waals surface area contributed by atoms with Gasteiger partial charge in [-0.25, -0.2) is 0 Å². The lowest BCUT2D eigenvalue weighted by Crippen LogP contribution is -1.81. The smallest absolute Gasteiger partial charge is 0.0455 e. The molecule has 0 bridgehead atoms. The molecule has 0 nitrogen and oxygen atoms in total. The van der Waals surface area contributed by atoms with Crippen molar-refractivity contribution in [2.75, 3.05) is 0 Å². The Morgan fingerprint density at radius 2 is 0.794 bits per heavy atom. The number of fused-ring (bicyclic) bond motifs is 9. The van der Waals surface area contributed by atoms with Gasteiger partial charge in [-0.15, -0.1) is 45.3 Å². The molecule has 0 aliphatic heterocycles. The number of thiophene rings is 4. The van der Waals surface area contributed by atoms with Gasteiger partial charge in [-0.3, -0.25) is 0 Å². The molecule has 0 unspecified atom stereocenters. The lowest BCUT2D eigenvalue weighted by atomic mass is 9.96. The van der Waals surface area contributed by atoms with Gasteiger partial charge in [0.05, 0.1) is 0 Å². The fourth-order valence-corrected chi connectivity index (χ4v) is 9.14. The summed E-state index contributed by atoms with van der Waals surface area (Å²) in [5, 5.41) is 15.1. The molecule has 4 heterocycles. The van der Waals surface area contributed by atoms with Crippen LogP contribution in [-0.2, 0) is 0 Å². The first kappa shape index (κ1) is 19.3. The average molecular weight is 505 g/mol. The van der Waals surface area contributed by atoms with Crippen LogP contribution >= 0.6 is 45.3 Å². The van der Waals surface area contributed by atoms with Gasteiger partial charge >= 0.3 is 0 Å². The minimum absolute atomic E-state index is 1.34. The maximum Gasteiger partial charge on any atom is 0.0455 e. The van der Waals surface area contributed by atoms with E-state index in [1.165, 1.54) is 72.0 Å². The Morgan fingerprint density at radius 1 is 0.382 bits per heavy atom. The van der Waals surface area contributed by atoms with Crippen molar-refractivity contribution in [1.29, 1.82) is 0 Å². The summed E-state index contributed by atoms with van der Waals surface area (Å²) in [6.45, 7) is 0. The molecule has 4 aromatic carbocycles. The van der Waals surface area contributed by atoms with Gasteiger partial charge in [0.25, 0.3) is 0 Å². The van der Waals surface area contributed by atoms with Crippen molar-refractivity contribution in [2.24, 2.45) is 0 Å². The molecule has 4 aromatic heterocycles. The maximum absolute atomic E-state index is 2.34. The van der Waals surface area contributed by atoms with Gasteiger partial charge in [-0.2, -0.15) is 0 Å². The molecule has 0 aliphatic carbocycles. The molecular weight excluding hydrogens is 489 g/mol. The van der Waals surface area contributed by atoms with Crippen LogP contribution in [0.3, 0.4) is 0 Å². The molecular formula is C30H16S4. The minimum Gasteiger partial charge on any atom is -0.143 e. The Kier molecular flexibility index (Phi) is 4.11. The van der Waals surface area contributed by atoms with Crippen molar-refractivity contribution in [3.63, 3.8) is 0 Å². The molecule has 0 saturated carbocycles. The summed E-state index contributed by atoms with van der Waals surface area (Å²) in [7, 11) is 0. The third kappa shape index (κ3) is 2.74. The molecule has 8 rings (SSSR count). The van der Waals surface area contributed by atoms with E-state index in [1.54, 1.807) is 0 Å². The summed E-state index contributed by atoms with van der Waals surface area (Å²) < 4.78 is 2.77. The molecule has 0 saturated heterocycles. The van der Waals surface area contributed by atoms with E-state index < -0.39 is 0 Å². The lowest BCUT2D eigenvalue weighted by Gasteiger charge is -2.09. The maximum atomic E-state index is 2.34. The molecule has 8 aromatic rings. The first-order chi connectivity index (χ1) is 16.8. The summed E-state index contributed by atoms with van der Waals surface area (Å²) in [5.41, 5.74) is 0. The molecule has 0 fully saturated rings. The summed E-state index contributed by atoms with van der Waals surface area (Å²) in [6.07, 6.45) is 0. The van der Waals surface area contributed by atoms with Crippen LogP contribution in [0.15, 0.2) is 95.7 Å². The number of hydrogen-bond acceptors (Lipinski definition) is 4. The highest BCUT2D eigenvalue weighted by molar-refractivity contribution is 7.27. The van der Waals surface area contributed by atoms with E-state index in [1.807, 2.05) is 45.3 Å². The minimum atomic E-state index is 1.34. The lowest BCUT2D eigenvalue weighted by molar-refractivity contribution is 1.86. The summed E-state index contributed by atoms with van der Waals surface area (Å²) in [5.74, 6) is 0. The van der Waals surface area contributed by atoms with Crippen LogP contribution < -0.4 is 0 Å². The second-order valence-corrected chi connectivity index (χ2v) is 12.6. The van der Waals surface area contributed by atoms with Crippen LogP contribution in [0.5, 0.6) is 0 Å². The van der Waals surface area contributed by atoms with Crippen molar-refractivity contribution in [1.82, 2.24) is 0 Å². The van der Waals surface area contributed by atoms with Crippen molar-refractivity contribution in [2.45, 2.75) is 0 Å². The van der Waals surface area contributed by atoms with Crippen LogP contribution in [0.25, 0.3) is 72.0 Å². The second-order valence-electron chi connectivity index (χ2n) is 8.56. The van der Waals surface area contributed by atoms with Crippen LogP contribution in [-0.4, -0.2) is 0 Å².